The molecule has 2 fully saturated rings. The fraction of sp³-hybridized carbons (Fsp3) is 0.500. The van der Waals surface area contributed by atoms with Crippen LogP contribution < -0.4 is 0 Å². The summed E-state index contributed by atoms with van der Waals surface area (Å²) in [5.74, 6) is 0. The minimum Gasteiger partial charge on any atom is -0.367 e. The molecule has 2 saturated heterocycles. The van der Waals surface area contributed by atoms with E-state index in [1.54, 1.807) is 0 Å². The molecule has 2 heterocycles. The second-order valence-corrected chi connectivity index (χ2v) is 4.01. The molecule has 0 aliphatic carbocycles. The first-order valence-electron chi connectivity index (χ1n) is 5.34. The Morgan fingerprint density at radius 1 is 1.20 bits per heavy atom. The van der Waals surface area contributed by atoms with E-state index < -0.39 is 0 Å². The summed E-state index contributed by atoms with van der Waals surface area (Å²) in [4.78, 5) is 0. The zero-order valence-corrected chi connectivity index (χ0v) is 8.46. The number of fused-ring (bicyclic) bond motifs is 1. The summed E-state index contributed by atoms with van der Waals surface area (Å²) < 4.78 is 16.5. The molecule has 0 spiro atoms. The summed E-state index contributed by atoms with van der Waals surface area (Å²) in [6.07, 6.45) is 1.52. The average Bonchev–Trinajstić information content (AvgIpc) is 3.06. The van der Waals surface area contributed by atoms with Crippen LogP contribution in [-0.2, 0) is 20.8 Å². The Hall–Kier alpha value is -0.900. The van der Waals surface area contributed by atoms with Crippen molar-refractivity contribution in [2.24, 2.45) is 0 Å². The lowest BCUT2D eigenvalue weighted by Gasteiger charge is -2.20. The highest BCUT2D eigenvalue weighted by molar-refractivity contribution is 5.13. The fourth-order valence-electron chi connectivity index (χ4n) is 1.87. The van der Waals surface area contributed by atoms with Gasteiger partial charge in [0.1, 0.15) is 6.10 Å². The van der Waals surface area contributed by atoms with E-state index in [0.717, 1.165) is 6.42 Å². The quantitative estimate of drug-likeness (QED) is 0.705. The second kappa shape index (κ2) is 3.93. The number of benzene rings is 1. The van der Waals surface area contributed by atoms with Gasteiger partial charge >= 0.3 is 0 Å². The number of rotatable bonds is 3. The molecule has 2 aliphatic rings. The van der Waals surface area contributed by atoms with Crippen molar-refractivity contribution in [3.63, 3.8) is 0 Å². The molecule has 0 amide bonds. The Bertz CT molecular complexity index is 325. The largest absolute Gasteiger partial charge is 0.367 e. The molecule has 1 aromatic rings. The highest BCUT2D eigenvalue weighted by atomic mass is 16.7. The van der Waals surface area contributed by atoms with Crippen molar-refractivity contribution in [1.29, 1.82) is 0 Å². The monoisotopic (exact) mass is 206 g/mol. The van der Waals surface area contributed by atoms with Crippen LogP contribution in [0.1, 0.15) is 12.0 Å². The molecule has 3 heteroatoms. The van der Waals surface area contributed by atoms with Gasteiger partial charge in [0.2, 0.25) is 0 Å². The topological polar surface area (TPSA) is 31.0 Å². The summed E-state index contributed by atoms with van der Waals surface area (Å²) in [5, 5.41) is 0. The van der Waals surface area contributed by atoms with Crippen LogP contribution >= 0.6 is 0 Å². The summed E-state index contributed by atoms with van der Waals surface area (Å²) in [6, 6.07) is 10.1. The van der Waals surface area contributed by atoms with Crippen molar-refractivity contribution in [3.05, 3.63) is 35.9 Å². The summed E-state index contributed by atoms with van der Waals surface area (Å²) >= 11 is 0. The molecular formula is C12H14O3. The third kappa shape index (κ3) is 2.20. The van der Waals surface area contributed by atoms with Crippen LogP contribution in [0.15, 0.2) is 30.3 Å². The standard InChI is InChI=1S/C12H14O3/c1-2-4-9(5-3-1)7-13-12-6-10-11(15-10)8-14-12/h1-5,10-12H,6-8H2/t10-,11+,12-/m1/s1. The Kier molecular flexibility index (Phi) is 2.44. The van der Waals surface area contributed by atoms with Crippen molar-refractivity contribution >= 4 is 0 Å². The van der Waals surface area contributed by atoms with Crippen molar-refractivity contribution in [1.82, 2.24) is 0 Å². The normalized spacial score (nSPS) is 33.5. The maximum Gasteiger partial charge on any atom is 0.160 e. The third-order valence-corrected chi connectivity index (χ3v) is 2.84. The van der Waals surface area contributed by atoms with E-state index in [4.69, 9.17) is 14.2 Å². The van der Waals surface area contributed by atoms with Gasteiger partial charge in [-0.2, -0.15) is 0 Å². The van der Waals surface area contributed by atoms with E-state index in [2.05, 4.69) is 12.1 Å². The molecule has 0 bridgehead atoms. The van der Waals surface area contributed by atoms with Gasteiger partial charge < -0.3 is 14.2 Å². The van der Waals surface area contributed by atoms with Gasteiger partial charge in [-0.25, -0.2) is 0 Å². The van der Waals surface area contributed by atoms with Crippen molar-refractivity contribution in [2.45, 2.75) is 31.5 Å². The molecule has 0 saturated carbocycles. The number of hydrogen-bond donors (Lipinski definition) is 0. The number of hydrogen-bond acceptors (Lipinski definition) is 3. The first kappa shape index (κ1) is 9.33. The lowest BCUT2D eigenvalue weighted by atomic mass is 10.2. The fourth-order valence-corrected chi connectivity index (χ4v) is 1.87. The van der Waals surface area contributed by atoms with Gasteiger partial charge in [-0.1, -0.05) is 30.3 Å². The van der Waals surface area contributed by atoms with Gasteiger partial charge in [0, 0.05) is 6.42 Å². The van der Waals surface area contributed by atoms with Crippen LogP contribution in [0, 0.1) is 0 Å². The predicted octanol–water partition coefficient (Wildman–Crippen LogP) is 1.72. The van der Waals surface area contributed by atoms with Crippen LogP contribution in [0.5, 0.6) is 0 Å². The number of epoxide rings is 1. The van der Waals surface area contributed by atoms with E-state index in [1.807, 2.05) is 18.2 Å². The molecule has 0 N–H and O–H groups in total. The average molecular weight is 206 g/mol. The van der Waals surface area contributed by atoms with Crippen molar-refractivity contribution < 1.29 is 14.2 Å². The lowest BCUT2D eigenvalue weighted by Crippen LogP contribution is -2.27. The van der Waals surface area contributed by atoms with E-state index >= 15 is 0 Å². The number of ether oxygens (including phenoxy) is 3. The molecule has 3 atom stereocenters. The van der Waals surface area contributed by atoms with Crippen molar-refractivity contribution in [3.8, 4) is 0 Å². The Balaban J connectivity index is 1.49. The SMILES string of the molecule is c1ccc(CO[C@H]2C[C@H]3O[C@H]3CO2)cc1. The molecule has 3 rings (SSSR count). The van der Waals surface area contributed by atoms with Gasteiger partial charge in [-0.3, -0.25) is 0 Å². The van der Waals surface area contributed by atoms with E-state index in [9.17, 15) is 0 Å². The first-order chi connectivity index (χ1) is 7.42. The zero-order chi connectivity index (χ0) is 10.1. The zero-order valence-electron chi connectivity index (χ0n) is 8.46. The smallest absolute Gasteiger partial charge is 0.160 e. The van der Waals surface area contributed by atoms with Crippen LogP contribution in [0.4, 0.5) is 0 Å². The molecule has 3 nitrogen and oxygen atoms in total. The van der Waals surface area contributed by atoms with Gasteiger partial charge in [0.05, 0.1) is 19.3 Å². The predicted molar refractivity (Wildman–Crippen MR) is 54.2 cm³/mol. The Morgan fingerprint density at radius 2 is 2.07 bits per heavy atom. The van der Waals surface area contributed by atoms with Crippen LogP contribution in [0.25, 0.3) is 0 Å². The second-order valence-electron chi connectivity index (χ2n) is 4.01. The minimum absolute atomic E-state index is 0.0889. The molecule has 15 heavy (non-hydrogen) atoms. The lowest BCUT2D eigenvalue weighted by molar-refractivity contribution is -0.161. The molecule has 0 aromatic heterocycles. The molecule has 0 radical (unpaired) electrons. The third-order valence-electron chi connectivity index (χ3n) is 2.84. The van der Waals surface area contributed by atoms with E-state index in [1.165, 1.54) is 5.56 Å². The molecule has 1 aromatic carbocycles. The van der Waals surface area contributed by atoms with Gasteiger partial charge in [-0.05, 0) is 5.56 Å². The van der Waals surface area contributed by atoms with Crippen LogP contribution in [0.3, 0.4) is 0 Å². The molecule has 80 valence electrons. The minimum atomic E-state index is -0.0889. The molecule has 2 aliphatic heterocycles. The Labute approximate surface area is 89.0 Å². The highest BCUT2D eigenvalue weighted by Gasteiger charge is 2.45. The molecule has 0 unspecified atom stereocenters. The van der Waals surface area contributed by atoms with Crippen LogP contribution in [-0.4, -0.2) is 25.1 Å². The highest BCUT2D eigenvalue weighted by Crippen LogP contribution is 2.32. The van der Waals surface area contributed by atoms with Crippen LogP contribution in [0.2, 0.25) is 0 Å². The first-order valence-corrected chi connectivity index (χ1v) is 5.34. The van der Waals surface area contributed by atoms with Gasteiger partial charge in [0.25, 0.3) is 0 Å². The molecular weight excluding hydrogens is 192 g/mol. The maximum absolute atomic E-state index is 5.66. The van der Waals surface area contributed by atoms with Gasteiger partial charge in [-0.15, -0.1) is 0 Å². The van der Waals surface area contributed by atoms with Gasteiger partial charge in [0.15, 0.2) is 6.29 Å². The van der Waals surface area contributed by atoms with Crippen molar-refractivity contribution in [2.75, 3.05) is 6.61 Å². The summed E-state index contributed by atoms with van der Waals surface area (Å²) in [7, 11) is 0. The maximum atomic E-state index is 5.66. The summed E-state index contributed by atoms with van der Waals surface area (Å²) in [6.45, 7) is 1.30. The van der Waals surface area contributed by atoms with E-state index in [0.29, 0.717) is 25.4 Å². The summed E-state index contributed by atoms with van der Waals surface area (Å²) in [5.41, 5.74) is 1.18. The van der Waals surface area contributed by atoms with E-state index in [-0.39, 0.29) is 6.29 Å². The Morgan fingerprint density at radius 3 is 2.87 bits per heavy atom.